The number of methoxy groups -OCH3 is 1. The molecule has 1 aliphatic rings. The molecule has 1 heterocycles. The van der Waals surface area contributed by atoms with Crippen molar-refractivity contribution in [3.05, 3.63) is 71.3 Å². The van der Waals surface area contributed by atoms with Crippen LogP contribution in [0.5, 0.6) is 0 Å². The Hall–Kier alpha value is -2.78. The molecule has 0 aromatic heterocycles. The maximum Gasteiger partial charge on any atom is 0.312 e. The second kappa shape index (κ2) is 8.28. The van der Waals surface area contributed by atoms with Crippen molar-refractivity contribution in [1.29, 1.82) is 0 Å². The zero-order chi connectivity index (χ0) is 20.2. The summed E-state index contributed by atoms with van der Waals surface area (Å²) >= 11 is 0. The molecule has 8 nitrogen and oxygen atoms in total. The lowest BCUT2D eigenvalue weighted by Gasteiger charge is -2.25. The van der Waals surface area contributed by atoms with Crippen LogP contribution in [0.3, 0.4) is 0 Å². The number of ether oxygens (including phenoxy) is 1. The van der Waals surface area contributed by atoms with Gasteiger partial charge in [-0.3, -0.25) is 14.9 Å². The highest BCUT2D eigenvalue weighted by Gasteiger charge is 2.39. The third-order valence-corrected chi connectivity index (χ3v) is 6.23. The third kappa shape index (κ3) is 4.15. The lowest BCUT2D eigenvalue weighted by Crippen LogP contribution is -2.38. The van der Waals surface area contributed by atoms with Crippen molar-refractivity contribution in [2.45, 2.75) is 17.4 Å². The fourth-order valence-electron chi connectivity index (χ4n) is 2.91. The van der Waals surface area contributed by atoms with Gasteiger partial charge in [0.1, 0.15) is 0 Å². The predicted molar refractivity (Wildman–Crippen MR) is 99.4 cm³/mol. The number of para-hydroxylation sites is 1. The topological polar surface area (TPSA) is 107 Å². The average molecular weight is 392 g/mol. The van der Waals surface area contributed by atoms with Crippen LogP contribution in [0.25, 0.3) is 0 Å². The van der Waals surface area contributed by atoms with E-state index in [1.807, 2.05) is 0 Å². The zero-order valence-electron chi connectivity index (χ0n) is 14.8. The number of hydrogen-bond donors (Lipinski definition) is 0. The molecule has 1 aromatic carbocycles. The van der Waals surface area contributed by atoms with Crippen LogP contribution < -0.4 is 0 Å². The standard InChI is InChI=1S/C18H20N2O6S/c1-4-13-10-15(11-14(5-2)18(21)26-3)19(12-13)27(24,25)17-9-7-6-8-16(17)20(22)23/h4-10,14-15H,1-2,11-12H2,3H3/t14?,15-/m0/s1. The maximum absolute atomic E-state index is 13.2. The van der Waals surface area contributed by atoms with Crippen LogP contribution in [-0.4, -0.2) is 43.3 Å². The van der Waals surface area contributed by atoms with Gasteiger partial charge in [-0.05, 0) is 18.1 Å². The van der Waals surface area contributed by atoms with E-state index in [1.54, 1.807) is 6.08 Å². The average Bonchev–Trinajstić information content (AvgIpc) is 3.09. The van der Waals surface area contributed by atoms with Crippen LogP contribution >= 0.6 is 0 Å². The summed E-state index contributed by atoms with van der Waals surface area (Å²) in [7, 11) is -2.95. The highest BCUT2D eigenvalue weighted by molar-refractivity contribution is 7.89. The number of hydrogen-bond acceptors (Lipinski definition) is 6. The van der Waals surface area contributed by atoms with Crippen LogP contribution in [0.2, 0.25) is 0 Å². The van der Waals surface area contributed by atoms with Gasteiger partial charge in [0.15, 0.2) is 4.90 Å². The van der Waals surface area contributed by atoms with Gasteiger partial charge in [0.05, 0.1) is 18.0 Å². The van der Waals surface area contributed by atoms with Crippen molar-refractivity contribution in [2.24, 2.45) is 5.92 Å². The lowest BCUT2D eigenvalue weighted by atomic mass is 10.0. The van der Waals surface area contributed by atoms with Crippen LogP contribution in [0.15, 0.2) is 66.1 Å². The van der Waals surface area contributed by atoms with Crippen molar-refractivity contribution in [3.8, 4) is 0 Å². The molecule has 0 N–H and O–H groups in total. The monoisotopic (exact) mass is 392 g/mol. The third-order valence-electron chi connectivity index (χ3n) is 4.31. The Morgan fingerprint density at radius 2 is 2.11 bits per heavy atom. The Balaban J connectivity index is 2.45. The summed E-state index contributed by atoms with van der Waals surface area (Å²) < 4.78 is 32.2. The minimum Gasteiger partial charge on any atom is -0.469 e. The zero-order valence-corrected chi connectivity index (χ0v) is 15.6. The first-order chi connectivity index (χ1) is 12.8. The van der Waals surface area contributed by atoms with E-state index in [9.17, 15) is 23.3 Å². The minimum atomic E-state index is -4.19. The number of carbonyl (C=O) groups is 1. The number of nitro groups is 1. The van der Waals surface area contributed by atoms with Gasteiger partial charge in [-0.2, -0.15) is 4.31 Å². The molecule has 27 heavy (non-hydrogen) atoms. The van der Waals surface area contributed by atoms with Crippen molar-refractivity contribution >= 4 is 21.7 Å². The summed E-state index contributed by atoms with van der Waals surface area (Å²) in [5.41, 5.74) is 0.145. The number of rotatable bonds is 8. The van der Waals surface area contributed by atoms with Gasteiger partial charge >= 0.3 is 5.97 Å². The van der Waals surface area contributed by atoms with E-state index >= 15 is 0 Å². The first-order valence-electron chi connectivity index (χ1n) is 8.05. The first kappa shape index (κ1) is 20.5. The number of sulfonamides is 1. The SMILES string of the molecule is C=CC1=C[C@@H](CC(C=C)C(=O)OC)N(S(=O)(=O)c2ccccc2[N+](=O)[O-])C1. The molecular formula is C18H20N2O6S. The highest BCUT2D eigenvalue weighted by Crippen LogP contribution is 2.33. The normalized spacial score (nSPS) is 18.4. The molecule has 2 rings (SSSR count). The van der Waals surface area contributed by atoms with Gasteiger partial charge in [-0.1, -0.05) is 36.9 Å². The quantitative estimate of drug-likeness (QED) is 0.291. The second-order valence-electron chi connectivity index (χ2n) is 5.89. The van der Waals surface area contributed by atoms with E-state index < -0.39 is 43.5 Å². The Morgan fingerprint density at radius 1 is 1.44 bits per heavy atom. The highest BCUT2D eigenvalue weighted by atomic mass is 32.2. The second-order valence-corrected chi connectivity index (χ2v) is 7.75. The van der Waals surface area contributed by atoms with Crippen LogP contribution in [0.4, 0.5) is 5.69 Å². The Labute approximate surface area is 157 Å². The number of carbonyl (C=O) groups excluding carboxylic acids is 1. The van der Waals surface area contributed by atoms with E-state index in [4.69, 9.17) is 4.74 Å². The molecule has 144 valence electrons. The number of benzene rings is 1. The summed E-state index contributed by atoms with van der Waals surface area (Å²) in [4.78, 5) is 22.0. The summed E-state index contributed by atoms with van der Waals surface area (Å²) in [6.07, 6.45) is 4.69. The number of esters is 1. The van der Waals surface area contributed by atoms with Crippen LogP contribution in [-0.2, 0) is 19.6 Å². The maximum atomic E-state index is 13.2. The molecule has 9 heteroatoms. The molecule has 0 saturated heterocycles. The van der Waals surface area contributed by atoms with Gasteiger partial charge in [0, 0.05) is 18.7 Å². The van der Waals surface area contributed by atoms with Crippen molar-refractivity contribution < 1.29 is 22.9 Å². The minimum absolute atomic E-state index is 0.00752. The van der Waals surface area contributed by atoms with Crippen molar-refractivity contribution in [1.82, 2.24) is 4.31 Å². The molecule has 1 aliphatic heterocycles. The molecular weight excluding hydrogens is 372 g/mol. The summed E-state index contributed by atoms with van der Waals surface area (Å²) in [6.45, 7) is 7.26. The van der Waals surface area contributed by atoms with E-state index in [1.165, 1.54) is 37.5 Å². The van der Waals surface area contributed by atoms with Crippen molar-refractivity contribution in [2.75, 3.05) is 13.7 Å². The first-order valence-corrected chi connectivity index (χ1v) is 9.49. The Bertz CT molecular complexity index is 906. The van der Waals surface area contributed by atoms with Gasteiger partial charge in [-0.25, -0.2) is 8.42 Å². The Kier molecular flexibility index (Phi) is 6.29. The fourth-order valence-corrected chi connectivity index (χ4v) is 4.65. The van der Waals surface area contributed by atoms with Gasteiger partial charge in [-0.15, -0.1) is 6.58 Å². The predicted octanol–water partition coefficient (Wildman–Crippen LogP) is 2.45. The van der Waals surface area contributed by atoms with Gasteiger partial charge in [0.2, 0.25) is 0 Å². The smallest absolute Gasteiger partial charge is 0.312 e. The largest absolute Gasteiger partial charge is 0.469 e. The molecule has 0 spiro atoms. The molecule has 0 aliphatic carbocycles. The summed E-state index contributed by atoms with van der Waals surface area (Å²) in [5, 5.41) is 11.3. The van der Waals surface area contributed by atoms with Crippen LogP contribution in [0, 0.1) is 16.0 Å². The summed E-state index contributed by atoms with van der Waals surface area (Å²) in [6, 6.07) is 4.47. The molecule has 0 saturated carbocycles. The molecule has 2 atom stereocenters. The van der Waals surface area contributed by atoms with E-state index in [2.05, 4.69) is 13.2 Å². The molecule has 0 fully saturated rings. The fraction of sp³-hybridized carbons (Fsp3) is 0.278. The number of nitro benzene ring substituents is 1. The van der Waals surface area contributed by atoms with Crippen molar-refractivity contribution in [3.63, 3.8) is 0 Å². The number of nitrogens with zero attached hydrogens (tertiary/aromatic N) is 2. The van der Waals surface area contributed by atoms with Gasteiger partial charge < -0.3 is 4.74 Å². The van der Waals surface area contributed by atoms with Gasteiger partial charge in [0.25, 0.3) is 15.7 Å². The van der Waals surface area contributed by atoms with Crippen LogP contribution in [0.1, 0.15) is 6.42 Å². The summed E-state index contributed by atoms with van der Waals surface area (Å²) in [5.74, 6) is -1.25. The Morgan fingerprint density at radius 3 is 2.67 bits per heavy atom. The molecule has 0 amide bonds. The lowest BCUT2D eigenvalue weighted by molar-refractivity contribution is -0.387. The van der Waals surface area contributed by atoms with E-state index in [0.717, 1.165) is 10.4 Å². The molecule has 0 radical (unpaired) electrons. The molecule has 1 aromatic rings. The van der Waals surface area contributed by atoms with E-state index in [-0.39, 0.29) is 13.0 Å². The van der Waals surface area contributed by atoms with E-state index in [0.29, 0.717) is 5.57 Å². The molecule has 0 bridgehead atoms. The molecule has 1 unspecified atom stereocenters.